The monoisotopic (exact) mass is 347 g/mol. The quantitative estimate of drug-likeness (QED) is 0.794. The molecule has 0 saturated heterocycles. The van der Waals surface area contributed by atoms with Crippen molar-refractivity contribution in [3.63, 3.8) is 0 Å². The van der Waals surface area contributed by atoms with Crippen molar-refractivity contribution in [2.45, 2.75) is 0 Å². The van der Waals surface area contributed by atoms with E-state index in [0.29, 0.717) is 10.8 Å². The van der Waals surface area contributed by atoms with Gasteiger partial charge in [0.05, 0.1) is 0 Å². The van der Waals surface area contributed by atoms with Gasteiger partial charge in [-0.2, -0.15) is 20.2 Å². The highest BCUT2D eigenvalue weighted by Crippen LogP contribution is 2.23. The van der Waals surface area contributed by atoms with Crippen LogP contribution in [0.25, 0.3) is 0 Å². The van der Waals surface area contributed by atoms with Crippen LogP contribution < -0.4 is 0 Å². The Kier molecular flexibility index (Phi) is 5.14. The van der Waals surface area contributed by atoms with Crippen LogP contribution in [0, 0.1) is 0 Å². The number of rotatable bonds is 6. The van der Waals surface area contributed by atoms with E-state index in [1.165, 1.54) is 35.4 Å². The molecule has 0 spiro atoms. The van der Waals surface area contributed by atoms with E-state index in [1.54, 1.807) is 5.38 Å². The van der Waals surface area contributed by atoms with Gasteiger partial charge in [0.2, 0.25) is 5.78 Å². The molecule has 0 bridgehead atoms. The van der Waals surface area contributed by atoms with Gasteiger partial charge in [-0.15, -0.1) is 15.7 Å². The average Bonchev–Trinajstić information content (AvgIpc) is 2.98. The number of carbonyl (C=O) groups is 1. The van der Waals surface area contributed by atoms with Crippen LogP contribution in [0.1, 0.15) is 5.01 Å². The van der Waals surface area contributed by atoms with E-state index in [9.17, 15) is 13.2 Å². The minimum atomic E-state index is -4.00. The van der Waals surface area contributed by atoms with Gasteiger partial charge in [0.25, 0.3) is 0 Å². The number of Topliss-reactive ketones (excluding diaryl/α,β-unsaturated/α-hetero) is 1. The molecule has 114 valence electrons. The fraction of sp³-hybridized carbons (Fsp3) is 0.364. The maximum Gasteiger partial charge on any atom is 0.345 e. The molecule has 1 aromatic rings. The van der Waals surface area contributed by atoms with Gasteiger partial charge in [0, 0.05) is 23.9 Å². The molecule has 0 aromatic carbocycles. The van der Waals surface area contributed by atoms with Gasteiger partial charge < -0.3 is 5.11 Å². The van der Waals surface area contributed by atoms with Crippen molar-refractivity contribution in [3.8, 4) is 0 Å². The Morgan fingerprint density at radius 2 is 2.29 bits per heavy atom. The van der Waals surface area contributed by atoms with E-state index in [-0.39, 0.29) is 18.0 Å². The first kappa shape index (κ1) is 16.1. The molecule has 1 aliphatic heterocycles. The van der Waals surface area contributed by atoms with E-state index in [2.05, 4.69) is 9.38 Å². The van der Waals surface area contributed by atoms with Crippen LogP contribution in [-0.4, -0.2) is 59.5 Å². The van der Waals surface area contributed by atoms with Crippen molar-refractivity contribution in [1.82, 2.24) is 9.29 Å². The van der Waals surface area contributed by atoms with Crippen molar-refractivity contribution < 1.29 is 18.3 Å². The van der Waals surface area contributed by atoms with Gasteiger partial charge in [0.1, 0.15) is 23.0 Å². The summed E-state index contributed by atoms with van der Waals surface area (Å²) in [4.78, 5) is 15.8. The van der Waals surface area contributed by atoms with Crippen LogP contribution in [0.15, 0.2) is 27.7 Å². The van der Waals surface area contributed by atoms with Crippen molar-refractivity contribution >= 4 is 44.8 Å². The molecule has 0 aliphatic carbocycles. The molecule has 7 nitrogen and oxygen atoms in total. The minimum absolute atomic E-state index is 0.0771. The summed E-state index contributed by atoms with van der Waals surface area (Å²) in [5.74, 6) is -0.152. The summed E-state index contributed by atoms with van der Waals surface area (Å²) < 4.78 is 29.1. The Labute approximate surface area is 130 Å². The Balaban J connectivity index is 2.47. The Hall–Kier alpha value is -1.23. The zero-order chi connectivity index (χ0) is 15.5. The predicted molar refractivity (Wildman–Crippen MR) is 82.8 cm³/mol. The molecule has 21 heavy (non-hydrogen) atoms. The van der Waals surface area contributed by atoms with E-state index < -0.39 is 22.6 Å². The Bertz CT molecular complexity index is 680. The third-order valence-corrected chi connectivity index (χ3v) is 5.36. The molecule has 0 radical (unpaired) electrons. The second kappa shape index (κ2) is 6.69. The number of aliphatic hydroxyl groups is 1. The number of hydrogen-bond acceptors (Lipinski definition) is 7. The number of aliphatic hydroxyl groups excluding tert-OH is 1. The first-order valence-electron chi connectivity index (χ1n) is 5.87. The lowest BCUT2D eigenvalue weighted by Gasteiger charge is -2.26. The fourth-order valence-corrected chi connectivity index (χ4v) is 4.03. The molecule has 0 atom stereocenters. The van der Waals surface area contributed by atoms with Crippen molar-refractivity contribution in [2.75, 3.05) is 25.2 Å². The topological polar surface area (TPSA) is 99.9 Å². The van der Waals surface area contributed by atoms with E-state index in [1.807, 2.05) is 6.26 Å². The highest BCUT2D eigenvalue weighted by atomic mass is 32.2. The third-order valence-electron chi connectivity index (χ3n) is 2.61. The summed E-state index contributed by atoms with van der Waals surface area (Å²) in [6.07, 6.45) is 4.72. The Morgan fingerprint density at radius 1 is 1.52 bits per heavy atom. The van der Waals surface area contributed by atoms with Crippen LogP contribution in [0.4, 0.5) is 0 Å². The van der Waals surface area contributed by atoms with Crippen LogP contribution in [0.5, 0.6) is 0 Å². The zero-order valence-electron chi connectivity index (χ0n) is 11.1. The van der Waals surface area contributed by atoms with E-state index >= 15 is 0 Å². The highest BCUT2D eigenvalue weighted by Gasteiger charge is 2.32. The second-order valence-corrected chi connectivity index (χ2v) is 7.37. The summed E-state index contributed by atoms with van der Waals surface area (Å²) in [7, 11) is -4.00. The molecule has 2 heterocycles. The van der Waals surface area contributed by atoms with Crippen LogP contribution in [-0.2, 0) is 15.0 Å². The molecule has 1 N–H and O–H groups in total. The first-order valence-corrected chi connectivity index (χ1v) is 9.54. The second-order valence-electron chi connectivity index (χ2n) is 3.97. The summed E-state index contributed by atoms with van der Waals surface area (Å²) in [6.45, 7) is -0.641. The number of thiazole rings is 1. The zero-order valence-corrected chi connectivity index (χ0v) is 13.5. The van der Waals surface area contributed by atoms with Crippen molar-refractivity contribution in [2.24, 2.45) is 4.40 Å². The normalized spacial score (nSPS) is 17.3. The number of thioether (sulfide) groups is 1. The largest absolute Gasteiger partial charge is 0.388 e. The summed E-state index contributed by atoms with van der Waals surface area (Å²) in [5, 5.41) is 11.1. The smallest absolute Gasteiger partial charge is 0.345 e. The molecule has 0 amide bonds. The third kappa shape index (κ3) is 3.51. The fourth-order valence-electron chi connectivity index (χ4n) is 1.69. The predicted octanol–water partition coefficient (Wildman–Crippen LogP) is 0.301. The van der Waals surface area contributed by atoms with Gasteiger partial charge >= 0.3 is 10.2 Å². The van der Waals surface area contributed by atoms with Gasteiger partial charge in [0.15, 0.2) is 0 Å². The molecule has 1 aromatic heterocycles. The summed E-state index contributed by atoms with van der Waals surface area (Å²) >= 11 is 2.67. The molecule has 0 fully saturated rings. The minimum Gasteiger partial charge on any atom is -0.388 e. The highest BCUT2D eigenvalue weighted by molar-refractivity contribution is 7.98. The summed E-state index contributed by atoms with van der Waals surface area (Å²) in [6, 6.07) is 0. The molecule has 1 aliphatic rings. The molecule has 0 unspecified atom stereocenters. The van der Waals surface area contributed by atoms with Gasteiger partial charge in [-0.3, -0.25) is 4.79 Å². The maximum absolute atomic E-state index is 12.3. The molecular formula is C11H13N3O4S3. The lowest BCUT2D eigenvalue weighted by molar-refractivity contribution is -0.119. The number of ketones is 1. The standard InChI is InChI=1S/C11H13N3O4S3/c1-19-5-3-14-9(10(16)7-15)6-8(13-21(14,17)18)11-12-2-4-20-11/h2,4,6,15H,3,5,7H2,1H3. The molecular weight excluding hydrogens is 334 g/mol. The first-order chi connectivity index (χ1) is 9.99. The van der Waals surface area contributed by atoms with Crippen molar-refractivity contribution in [1.29, 1.82) is 0 Å². The average molecular weight is 347 g/mol. The van der Waals surface area contributed by atoms with Crippen molar-refractivity contribution in [3.05, 3.63) is 28.4 Å². The van der Waals surface area contributed by atoms with Crippen LogP contribution in [0.3, 0.4) is 0 Å². The van der Waals surface area contributed by atoms with E-state index in [0.717, 1.165) is 4.31 Å². The van der Waals surface area contributed by atoms with Gasteiger partial charge in [-0.1, -0.05) is 0 Å². The lowest BCUT2D eigenvalue weighted by atomic mass is 10.2. The Morgan fingerprint density at radius 3 is 2.86 bits per heavy atom. The van der Waals surface area contributed by atoms with Gasteiger partial charge in [-0.25, -0.2) is 9.29 Å². The number of carbonyl (C=O) groups excluding carboxylic acids is 1. The molecule has 10 heteroatoms. The molecule has 2 rings (SSSR count). The van der Waals surface area contributed by atoms with Gasteiger partial charge in [-0.05, 0) is 12.3 Å². The van der Waals surface area contributed by atoms with E-state index in [4.69, 9.17) is 5.11 Å². The van der Waals surface area contributed by atoms with Crippen LogP contribution in [0.2, 0.25) is 0 Å². The maximum atomic E-state index is 12.3. The summed E-state index contributed by atoms with van der Waals surface area (Å²) in [5.41, 5.74) is 0.0361. The number of nitrogens with zero attached hydrogens (tertiary/aromatic N) is 3. The van der Waals surface area contributed by atoms with Crippen LogP contribution >= 0.6 is 23.1 Å². The lowest BCUT2D eigenvalue weighted by Crippen LogP contribution is -2.38. The SMILES string of the molecule is CSCCN1C(C(=O)CO)=CC(c2nccs2)=NS1(=O)=O. The number of allylic oxidation sites excluding steroid dienone is 1. The molecule has 0 saturated carbocycles. The number of hydrogen-bond donors (Lipinski definition) is 1. The number of aromatic nitrogens is 1.